The number of thiophene rings is 1. The van der Waals surface area contributed by atoms with Gasteiger partial charge in [-0.2, -0.15) is 0 Å². The van der Waals surface area contributed by atoms with Crippen LogP contribution in [0.5, 0.6) is 5.75 Å². The van der Waals surface area contributed by atoms with Crippen molar-refractivity contribution in [3.05, 3.63) is 88.2 Å². The molecule has 2 amide bonds. The second kappa shape index (κ2) is 12.4. The highest BCUT2D eigenvalue weighted by molar-refractivity contribution is 7.10. The fraction of sp³-hybridized carbons (Fsp3) is 0.310. The van der Waals surface area contributed by atoms with Gasteiger partial charge in [0.1, 0.15) is 5.75 Å². The number of fused-ring (bicyclic) bond motifs is 1. The lowest BCUT2D eigenvalue weighted by atomic mass is 10.1. The lowest BCUT2D eigenvalue weighted by Crippen LogP contribution is -2.44. The van der Waals surface area contributed by atoms with Crippen LogP contribution < -0.4 is 4.74 Å². The van der Waals surface area contributed by atoms with Crippen molar-refractivity contribution in [3.8, 4) is 5.75 Å². The van der Waals surface area contributed by atoms with Crippen molar-refractivity contribution >= 4 is 34.1 Å². The highest BCUT2D eigenvalue weighted by Gasteiger charge is 2.22. The minimum atomic E-state index is -0.0429. The first-order chi connectivity index (χ1) is 17.6. The standard InChI is InChI=1S/C29H33N3O3S/c1-3-15-31(28(33)18-25-7-6-17-36-25)21-29(34)32(20-22-10-12-24(35-2)13-11-22)16-14-23-19-30-27-9-5-4-8-26(23)27/h4-13,17,19,30H,3,14-16,18,20-21H2,1-2H3. The fourth-order valence-electron chi connectivity index (χ4n) is 4.34. The normalized spacial score (nSPS) is 10.9. The highest BCUT2D eigenvalue weighted by atomic mass is 32.1. The zero-order valence-electron chi connectivity index (χ0n) is 20.9. The van der Waals surface area contributed by atoms with Crippen LogP contribution in [0.4, 0.5) is 0 Å². The second-order valence-corrected chi connectivity index (χ2v) is 9.88. The van der Waals surface area contributed by atoms with E-state index in [-0.39, 0.29) is 18.4 Å². The number of amides is 2. The molecule has 0 aliphatic rings. The summed E-state index contributed by atoms with van der Waals surface area (Å²) in [5.74, 6) is 0.732. The Hall–Kier alpha value is -3.58. The molecule has 0 saturated carbocycles. The van der Waals surface area contributed by atoms with Crippen LogP contribution in [-0.4, -0.2) is 53.3 Å². The van der Waals surface area contributed by atoms with Crippen molar-refractivity contribution in [2.45, 2.75) is 32.7 Å². The topological polar surface area (TPSA) is 65.6 Å². The summed E-state index contributed by atoms with van der Waals surface area (Å²) in [6.07, 6.45) is 3.88. The molecule has 2 aromatic carbocycles. The number of H-pyrrole nitrogens is 1. The van der Waals surface area contributed by atoms with Gasteiger partial charge in [0, 0.05) is 41.6 Å². The van der Waals surface area contributed by atoms with E-state index in [1.54, 1.807) is 23.3 Å². The predicted octanol–water partition coefficient (Wildman–Crippen LogP) is 5.29. The molecule has 1 N–H and O–H groups in total. The number of carbonyl (C=O) groups is 2. The number of rotatable bonds is 12. The average Bonchev–Trinajstić information content (AvgIpc) is 3.56. The number of methoxy groups -OCH3 is 1. The van der Waals surface area contributed by atoms with Crippen molar-refractivity contribution in [1.82, 2.24) is 14.8 Å². The maximum Gasteiger partial charge on any atom is 0.242 e. The quantitative estimate of drug-likeness (QED) is 0.286. The summed E-state index contributed by atoms with van der Waals surface area (Å²) >= 11 is 1.57. The van der Waals surface area contributed by atoms with Gasteiger partial charge in [-0.05, 0) is 53.6 Å². The summed E-state index contributed by atoms with van der Waals surface area (Å²) < 4.78 is 5.28. The first-order valence-electron chi connectivity index (χ1n) is 12.3. The third-order valence-corrected chi connectivity index (χ3v) is 7.17. The zero-order chi connectivity index (χ0) is 25.3. The van der Waals surface area contributed by atoms with E-state index in [0.29, 0.717) is 26.1 Å². The fourth-order valence-corrected chi connectivity index (χ4v) is 5.03. The number of aromatic amines is 1. The van der Waals surface area contributed by atoms with Crippen LogP contribution in [0.2, 0.25) is 0 Å². The molecular formula is C29H33N3O3S. The smallest absolute Gasteiger partial charge is 0.242 e. The number of hydrogen-bond acceptors (Lipinski definition) is 4. The molecule has 0 bridgehead atoms. The zero-order valence-corrected chi connectivity index (χ0v) is 21.7. The molecule has 6 nitrogen and oxygen atoms in total. The van der Waals surface area contributed by atoms with E-state index in [1.165, 1.54) is 10.9 Å². The Labute approximate surface area is 216 Å². The van der Waals surface area contributed by atoms with Gasteiger partial charge in [0.25, 0.3) is 0 Å². The van der Waals surface area contributed by atoms with E-state index in [0.717, 1.165) is 34.5 Å². The summed E-state index contributed by atoms with van der Waals surface area (Å²) in [5.41, 5.74) is 3.29. The van der Waals surface area contributed by atoms with Crippen molar-refractivity contribution in [2.75, 3.05) is 26.7 Å². The van der Waals surface area contributed by atoms with Crippen LogP contribution in [0.1, 0.15) is 29.3 Å². The summed E-state index contributed by atoms with van der Waals surface area (Å²) in [6, 6.07) is 19.9. The number of nitrogens with one attached hydrogen (secondary N) is 1. The van der Waals surface area contributed by atoms with E-state index >= 15 is 0 Å². The van der Waals surface area contributed by atoms with Crippen LogP contribution >= 0.6 is 11.3 Å². The van der Waals surface area contributed by atoms with Gasteiger partial charge in [-0.3, -0.25) is 9.59 Å². The summed E-state index contributed by atoms with van der Waals surface area (Å²) in [4.78, 5) is 34.5. The summed E-state index contributed by atoms with van der Waals surface area (Å²) in [5, 5.41) is 3.15. The maximum atomic E-state index is 13.6. The van der Waals surface area contributed by atoms with Gasteiger partial charge in [-0.1, -0.05) is 43.3 Å². The minimum Gasteiger partial charge on any atom is -0.497 e. The summed E-state index contributed by atoms with van der Waals surface area (Å²) in [7, 11) is 1.64. The number of nitrogens with zero attached hydrogens (tertiary/aromatic N) is 2. The van der Waals surface area contributed by atoms with E-state index < -0.39 is 0 Å². The number of ether oxygens (including phenoxy) is 1. The second-order valence-electron chi connectivity index (χ2n) is 8.84. The number of carbonyl (C=O) groups excluding carboxylic acids is 2. The molecule has 2 aromatic heterocycles. The molecule has 36 heavy (non-hydrogen) atoms. The third kappa shape index (κ3) is 6.55. The Kier molecular flexibility index (Phi) is 8.79. The Balaban J connectivity index is 1.49. The molecule has 7 heteroatoms. The molecule has 4 rings (SSSR count). The molecule has 0 aliphatic heterocycles. The SMILES string of the molecule is CCCN(CC(=O)N(CCc1c[nH]c2ccccc12)Cc1ccc(OC)cc1)C(=O)Cc1cccs1. The molecule has 0 spiro atoms. The maximum absolute atomic E-state index is 13.6. The third-order valence-electron chi connectivity index (χ3n) is 6.29. The largest absolute Gasteiger partial charge is 0.497 e. The average molecular weight is 504 g/mol. The Bertz CT molecular complexity index is 1260. The Morgan fingerprint density at radius 3 is 2.47 bits per heavy atom. The molecule has 0 aliphatic carbocycles. The molecule has 188 valence electrons. The molecule has 0 fully saturated rings. The Morgan fingerprint density at radius 1 is 0.944 bits per heavy atom. The number of benzene rings is 2. The van der Waals surface area contributed by atoms with Gasteiger partial charge in [0.15, 0.2) is 0 Å². The van der Waals surface area contributed by atoms with Crippen LogP contribution in [-0.2, 0) is 29.0 Å². The van der Waals surface area contributed by atoms with Crippen molar-refractivity contribution in [1.29, 1.82) is 0 Å². The number of aromatic nitrogens is 1. The van der Waals surface area contributed by atoms with Gasteiger partial charge < -0.3 is 19.5 Å². The summed E-state index contributed by atoms with van der Waals surface area (Å²) in [6.45, 7) is 3.72. The monoisotopic (exact) mass is 503 g/mol. The van der Waals surface area contributed by atoms with Crippen molar-refractivity contribution in [3.63, 3.8) is 0 Å². The van der Waals surface area contributed by atoms with E-state index in [1.807, 2.05) is 71.9 Å². The van der Waals surface area contributed by atoms with Crippen molar-refractivity contribution in [2.24, 2.45) is 0 Å². The van der Waals surface area contributed by atoms with Gasteiger partial charge in [-0.25, -0.2) is 0 Å². The minimum absolute atomic E-state index is 0.00586. The lowest BCUT2D eigenvalue weighted by molar-refractivity contribution is -0.140. The molecular weight excluding hydrogens is 470 g/mol. The van der Waals surface area contributed by atoms with E-state index in [4.69, 9.17) is 4.74 Å². The van der Waals surface area contributed by atoms with Gasteiger partial charge in [0.2, 0.25) is 11.8 Å². The Morgan fingerprint density at radius 2 is 1.75 bits per heavy atom. The number of hydrogen-bond donors (Lipinski definition) is 1. The lowest BCUT2D eigenvalue weighted by Gasteiger charge is -2.28. The molecule has 0 unspecified atom stereocenters. The van der Waals surface area contributed by atoms with Crippen LogP contribution in [0, 0.1) is 0 Å². The highest BCUT2D eigenvalue weighted by Crippen LogP contribution is 2.20. The molecule has 2 heterocycles. The first kappa shape index (κ1) is 25.5. The molecule has 0 radical (unpaired) electrons. The first-order valence-corrected chi connectivity index (χ1v) is 13.2. The van der Waals surface area contributed by atoms with E-state index in [9.17, 15) is 9.59 Å². The van der Waals surface area contributed by atoms with Crippen molar-refractivity contribution < 1.29 is 14.3 Å². The molecule has 0 atom stereocenters. The van der Waals surface area contributed by atoms with Gasteiger partial charge >= 0.3 is 0 Å². The van der Waals surface area contributed by atoms with Gasteiger partial charge in [-0.15, -0.1) is 11.3 Å². The molecule has 4 aromatic rings. The van der Waals surface area contributed by atoms with E-state index in [2.05, 4.69) is 17.1 Å². The number of para-hydroxylation sites is 1. The van der Waals surface area contributed by atoms with Crippen LogP contribution in [0.15, 0.2) is 72.2 Å². The van der Waals surface area contributed by atoms with Gasteiger partial charge in [0.05, 0.1) is 20.1 Å². The van der Waals surface area contributed by atoms with Crippen LogP contribution in [0.3, 0.4) is 0 Å². The van der Waals surface area contributed by atoms with Crippen LogP contribution in [0.25, 0.3) is 10.9 Å². The predicted molar refractivity (Wildman–Crippen MR) is 145 cm³/mol. The molecule has 0 saturated heterocycles.